The first-order valence-corrected chi connectivity index (χ1v) is 5.18. The fourth-order valence-electron chi connectivity index (χ4n) is 1.51. The lowest BCUT2D eigenvalue weighted by Crippen LogP contribution is -2.51. The molecule has 0 aliphatic rings. The van der Waals surface area contributed by atoms with Crippen LogP contribution < -0.4 is 11.3 Å². The van der Waals surface area contributed by atoms with E-state index in [4.69, 9.17) is 5.84 Å². The maximum atomic E-state index is 11.4. The highest BCUT2D eigenvalue weighted by atomic mass is 16.2. The van der Waals surface area contributed by atoms with Crippen molar-refractivity contribution in [1.82, 2.24) is 10.3 Å². The van der Waals surface area contributed by atoms with Crippen LogP contribution in [0.15, 0.2) is 0 Å². The summed E-state index contributed by atoms with van der Waals surface area (Å²) in [6.45, 7) is 8.41. The van der Waals surface area contributed by atoms with Gasteiger partial charge >= 0.3 is 0 Å². The first kappa shape index (κ1) is 13.4. The van der Waals surface area contributed by atoms with Crippen molar-refractivity contribution in [3.63, 3.8) is 0 Å². The third-order valence-corrected chi connectivity index (χ3v) is 2.93. The molecule has 0 aromatic rings. The lowest BCUT2D eigenvalue weighted by molar-refractivity contribution is -0.127. The highest BCUT2D eigenvalue weighted by molar-refractivity contribution is 5.81. The topological polar surface area (TPSA) is 58.4 Å². The minimum absolute atomic E-state index is 0.109. The molecule has 0 spiro atoms. The third kappa shape index (κ3) is 3.27. The molecule has 0 fully saturated rings. The summed E-state index contributed by atoms with van der Waals surface area (Å²) < 4.78 is 0. The third-order valence-electron chi connectivity index (χ3n) is 2.93. The number of carbonyl (C=O) groups excluding carboxylic acids is 1. The number of amides is 1. The number of hydrogen-bond acceptors (Lipinski definition) is 3. The molecule has 0 heterocycles. The summed E-state index contributed by atoms with van der Waals surface area (Å²) in [5, 5.41) is 0. The van der Waals surface area contributed by atoms with Crippen LogP contribution in [0, 0.1) is 5.92 Å². The van der Waals surface area contributed by atoms with Crippen molar-refractivity contribution in [2.24, 2.45) is 11.8 Å². The molecule has 0 bridgehead atoms. The Morgan fingerprint density at radius 3 is 2.21 bits per heavy atom. The lowest BCUT2D eigenvalue weighted by atomic mass is 10.0. The van der Waals surface area contributed by atoms with Crippen molar-refractivity contribution in [2.45, 2.75) is 46.2 Å². The Morgan fingerprint density at radius 2 is 1.93 bits per heavy atom. The Labute approximate surface area is 86.8 Å². The Balaban J connectivity index is 4.45. The second kappa shape index (κ2) is 5.98. The Bertz CT molecular complexity index is 182. The van der Waals surface area contributed by atoms with Gasteiger partial charge in [-0.15, -0.1) is 0 Å². The van der Waals surface area contributed by atoms with E-state index < -0.39 is 0 Å². The Hall–Kier alpha value is -0.610. The van der Waals surface area contributed by atoms with Gasteiger partial charge in [0.1, 0.15) is 0 Å². The minimum atomic E-state index is -0.127. The van der Waals surface area contributed by atoms with Gasteiger partial charge in [-0.3, -0.25) is 15.1 Å². The zero-order valence-corrected chi connectivity index (χ0v) is 9.87. The molecular formula is C10H23N3O. The van der Waals surface area contributed by atoms with Crippen LogP contribution in [-0.4, -0.2) is 29.9 Å². The molecule has 0 rings (SSSR count). The zero-order chi connectivity index (χ0) is 11.3. The van der Waals surface area contributed by atoms with Gasteiger partial charge in [0.2, 0.25) is 0 Å². The van der Waals surface area contributed by atoms with E-state index in [1.54, 1.807) is 0 Å². The SMILES string of the molecule is CCC(C(=O)NN)N(C)C(C)C(C)C. The molecule has 4 nitrogen and oxygen atoms in total. The number of hydrogen-bond donors (Lipinski definition) is 2. The van der Waals surface area contributed by atoms with Gasteiger partial charge in [-0.2, -0.15) is 0 Å². The van der Waals surface area contributed by atoms with Crippen molar-refractivity contribution < 1.29 is 4.79 Å². The van der Waals surface area contributed by atoms with E-state index in [2.05, 4.69) is 31.1 Å². The molecule has 0 aromatic carbocycles. The average molecular weight is 201 g/mol. The van der Waals surface area contributed by atoms with Gasteiger partial charge in [-0.05, 0) is 26.3 Å². The summed E-state index contributed by atoms with van der Waals surface area (Å²) in [6, 6.07) is 0.245. The number of likely N-dealkylation sites (N-methyl/N-ethyl adjacent to an activating group) is 1. The smallest absolute Gasteiger partial charge is 0.251 e. The van der Waals surface area contributed by atoms with Gasteiger partial charge in [0, 0.05) is 6.04 Å². The Morgan fingerprint density at radius 1 is 1.43 bits per heavy atom. The van der Waals surface area contributed by atoms with E-state index in [0.29, 0.717) is 12.0 Å². The van der Waals surface area contributed by atoms with E-state index in [1.165, 1.54) is 0 Å². The molecule has 0 saturated heterocycles. The predicted molar refractivity (Wildman–Crippen MR) is 58.5 cm³/mol. The van der Waals surface area contributed by atoms with Crippen molar-refractivity contribution in [1.29, 1.82) is 0 Å². The summed E-state index contributed by atoms with van der Waals surface area (Å²) in [6.07, 6.45) is 0.774. The monoisotopic (exact) mass is 201 g/mol. The van der Waals surface area contributed by atoms with E-state index in [0.717, 1.165) is 6.42 Å². The van der Waals surface area contributed by atoms with Gasteiger partial charge in [-0.25, -0.2) is 5.84 Å². The van der Waals surface area contributed by atoms with Crippen molar-refractivity contribution >= 4 is 5.91 Å². The summed E-state index contributed by atoms with van der Waals surface area (Å²) in [5.41, 5.74) is 2.21. The number of hydrazine groups is 1. The van der Waals surface area contributed by atoms with Gasteiger partial charge < -0.3 is 0 Å². The van der Waals surface area contributed by atoms with E-state index in [9.17, 15) is 4.79 Å². The molecule has 3 N–H and O–H groups in total. The van der Waals surface area contributed by atoms with Gasteiger partial charge in [-0.1, -0.05) is 20.8 Å². The van der Waals surface area contributed by atoms with Gasteiger partial charge in [0.15, 0.2) is 0 Å². The van der Waals surface area contributed by atoms with Crippen LogP contribution in [0.5, 0.6) is 0 Å². The quantitative estimate of drug-likeness (QED) is 0.392. The summed E-state index contributed by atoms with van der Waals surface area (Å²) in [7, 11) is 1.97. The molecule has 0 aromatic heterocycles. The number of nitrogens with one attached hydrogen (secondary N) is 1. The number of carbonyl (C=O) groups is 1. The van der Waals surface area contributed by atoms with Gasteiger partial charge in [0.05, 0.1) is 6.04 Å². The largest absolute Gasteiger partial charge is 0.293 e. The van der Waals surface area contributed by atoms with Crippen LogP contribution in [0.1, 0.15) is 34.1 Å². The standard InChI is InChI=1S/C10H23N3O/c1-6-9(10(14)12-11)13(5)8(4)7(2)3/h7-9H,6,11H2,1-5H3,(H,12,14). The Kier molecular flexibility index (Phi) is 5.72. The molecule has 84 valence electrons. The molecule has 0 saturated carbocycles. The van der Waals surface area contributed by atoms with Crippen LogP contribution in [0.25, 0.3) is 0 Å². The highest BCUT2D eigenvalue weighted by Crippen LogP contribution is 2.13. The molecule has 0 aliphatic carbocycles. The zero-order valence-electron chi connectivity index (χ0n) is 9.87. The van der Waals surface area contributed by atoms with E-state index >= 15 is 0 Å². The van der Waals surface area contributed by atoms with Gasteiger partial charge in [0.25, 0.3) is 5.91 Å². The predicted octanol–water partition coefficient (Wildman–Crippen LogP) is 0.731. The maximum absolute atomic E-state index is 11.4. The second-order valence-corrected chi connectivity index (χ2v) is 4.08. The molecule has 0 radical (unpaired) electrons. The normalized spacial score (nSPS) is 15.7. The number of rotatable bonds is 5. The van der Waals surface area contributed by atoms with E-state index in [-0.39, 0.29) is 11.9 Å². The van der Waals surface area contributed by atoms with Crippen LogP contribution in [-0.2, 0) is 4.79 Å². The molecule has 1 amide bonds. The number of nitrogens with two attached hydrogens (primary N) is 1. The molecule has 0 aliphatic heterocycles. The lowest BCUT2D eigenvalue weighted by Gasteiger charge is -2.33. The van der Waals surface area contributed by atoms with Crippen molar-refractivity contribution in [3.8, 4) is 0 Å². The molecule has 4 heteroatoms. The maximum Gasteiger partial charge on any atom is 0.251 e. The highest BCUT2D eigenvalue weighted by Gasteiger charge is 2.25. The second-order valence-electron chi connectivity index (χ2n) is 4.08. The average Bonchev–Trinajstić information content (AvgIpc) is 2.16. The summed E-state index contributed by atoms with van der Waals surface area (Å²) in [4.78, 5) is 13.5. The van der Waals surface area contributed by atoms with Crippen LogP contribution >= 0.6 is 0 Å². The summed E-state index contributed by atoms with van der Waals surface area (Å²) >= 11 is 0. The molecular weight excluding hydrogens is 178 g/mol. The van der Waals surface area contributed by atoms with Crippen molar-refractivity contribution in [3.05, 3.63) is 0 Å². The molecule has 2 atom stereocenters. The van der Waals surface area contributed by atoms with Crippen LogP contribution in [0.4, 0.5) is 0 Å². The molecule has 14 heavy (non-hydrogen) atoms. The summed E-state index contributed by atoms with van der Waals surface area (Å²) in [5.74, 6) is 5.55. The van der Waals surface area contributed by atoms with Crippen LogP contribution in [0.3, 0.4) is 0 Å². The first-order chi connectivity index (χ1) is 6.45. The van der Waals surface area contributed by atoms with E-state index in [1.807, 2.05) is 14.0 Å². The van der Waals surface area contributed by atoms with Crippen molar-refractivity contribution in [2.75, 3.05) is 7.05 Å². The minimum Gasteiger partial charge on any atom is -0.293 e. The van der Waals surface area contributed by atoms with Crippen LogP contribution in [0.2, 0.25) is 0 Å². The fourth-order valence-corrected chi connectivity index (χ4v) is 1.51. The number of nitrogens with zero attached hydrogens (tertiary/aromatic N) is 1. The first-order valence-electron chi connectivity index (χ1n) is 5.18. The fraction of sp³-hybridized carbons (Fsp3) is 0.900. The molecule has 2 unspecified atom stereocenters.